The molecule has 1 aliphatic rings. The molecule has 0 aromatic heterocycles. The molecular formula is C14H17ClN2O. The fraction of sp³-hybridized carbons (Fsp3) is 0.500. The van der Waals surface area contributed by atoms with E-state index in [-0.39, 0.29) is 6.10 Å². The topological polar surface area (TPSA) is 45.0 Å². The number of ether oxygens (including phenoxy) is 1. The number of rotatable bonds is 3. The van der Waals surface area contributed by atoms with E-state index in [0.717, 1.165) is 12.1 Å². The Morgan fingerprint density at radius 1 is 1.61 bits per heavy atom. The summed E-state index contributed by atoms with van der Waals surface area (Å²) in [5, 5.41) is 13.5. The van der Waals surface area contributed by atoms with Gasteiger partial charge < -0.3 is 10.1 Å². The van der Waals surface area contributed by atoms with Gasteiger partial charge in [-0.05, 0) is 24.6 Å². The Kier molecular flexibility index (Phi) is 4.11. The minimum Gasteiger partial charge on any atom is -0.378 e. The standard InChI is InChI=1S/C14H17ClN2O/c1-2-13-9-14(10-16,6-7-18-13)17-12-5-3-4-11(15)8-12/h3-5,8,13,17H,2,6-7,9H2,1H3. The molecule has 1 saturated heterocycles. The maximum atomic E-state index is 9.48. The van der Waals surface area contributed by atoms with Gasteiger partial charge in [-0.25, -0.2) is 0 Å². The molecule has 0 saturated carbocycles. The van der Waals surface area contributed by atoms with Gasteiger partial charge in [-0.15, -0.1) is 0 Å². The van der Waals surface area contributed by atoms with Crippen LogP contribution < -0.4 is 5.32 Å². The number of benzene rings is 1. The van der Waals surface area contributed by atoms with Crippen molar-refractivity contribution >= 4 is 17.3 Å². The van der Waals surface area contributed by atoms with Gasteiger partial charge in [-0.1, -0.05) is 24.6 Å². The average Bonchev–Trinajstić information content (AvgIpc) is 2.39. The van der Waals surface area contributed by atoms with Crippen molar-refractivity contribution in [3.63, 3.8) is 0 Å². The summed E-state index contributed by atoms with van der Waals surface area (Å²) >= 11 is 5.96. The van der Waals surface area contributed by atoms with Crippen LogP contribution in [0.2, 0.25) is 5.02 Å². The number of halogens is 1. The van der Waals surface area contributed by atoms with Crippen LogP contribution in [0.5, 0.6) is 0 Å². The van der Waals surface area contributed by atoms with Crippen molar-refractivity contribution in [2.45, 2.75) is 37.8 Å². The Morgan fingerprint density at radius 3 is 3.11 bits per heavy atom. The first-order valence-corrected chi connectivity index (χ1v) is 6.62. The smallest absolute Gasteiger partial charge is 0.130 e. The highest BCUT2D eigenvalue weighted by Crippen LogP contribution is 2.30. The molecule has 1 fully saturated rings. The second-order valence-electron chi connectivity index (χ2n) is 4.68. The van der Waals surface area contributed by atoms with Crippen molar-refractivity contribution in [2.75, 3.05) is 11.9 Å². The van der Waals surface area contributed by atoms with Gasteiger partial charge in [-0.2, -0.15) is 5.26 Å². The van der Waals surface area contributed by atoms with Gasteiger partial charge >= 0.3 is 0 Å². The zero-order chi connectivity index (χ0) is 13.0. The van der Waals surface area contributed by atoms with Crippen LogP contribution in [-0.4, -0.2) is 18.2 Å². The van der Waals surface area contributed by atoms with E-state index < -0.39 is 5.54 Å². The first-order chi connectivity index (χ1) is 8.67. The Balaban J connectivity index is 2.16. The molecule has 2 unspecified atom stereocenters. The second-order valence-corrected chi connectivity index (χ2v) is 5.12. The van der Waals surface area contributed by atoms with Crippen LogP contribution in [0.1, 0.15) is 26.2 Å². The first-order valence-electron chi connectivity index (χ1n) is 6.24. The van der Waals surface area contributed by atoms with Crippen LogP contribution in [0.4, 0.5) is 5.69 Å². The van der Waals surface area contributed by atoms with Gasteiger partial charge in [-0.3, -0.25) is 0 Å². The fourth-order valence-electron chi connectivity index (χ4n) is 2.30. The monoisotopic (exact) mass is 264 g/mol. The molecule has 1 heterocycles. The van der Waals surface area contributed by atoms with Gasteiger partial charge in [0.1, 0.15) is 5.54 Å². The molecule has 1 N–H and O–H groups in total. The number of hydrogen-bond donors (Lipinski definition) is 1. The van der Waals surface area contributed by atoms with Crippen molar-refractivity contribution in [2.24, 2.45) is 0 Å². The molecule has 1 aromatic rings. The van der Waals surface area contributed by atoms with Crippen molar-refractivity contribution < 1.29 is 4.74 Å². The Bertz CT molecular complexity index is 457. The fourth-order valence-corrected chi connectivity index (χ4v) is 2.49. The minimum absolute atomic E-state index is 0.157. The zero-order valence-electron chi connectivity index (χ0n) is 10.4. The lowest BCUT2D eigenvalue weighted by atomic mass is 9.87. The van der Waals surface area contributed by atoms with Crippen LogP contribution >= 0.6 is 11.6 Å². The highest BCUT2D eigenvalue weighted by Gasteiger charge is 2.36. The largest absolute Gasteiger partial charge is 0.378 e. The average molecular weight is 265 g/mol. The first kappa shape index (κ1) is 13.2. The summed E-state index contributed by atoms with van der Waals surface area (Å²) in [5.41, 5.74) is 0.352. The Morgan fingerprint density at radius 2 is 2.44 bits per heavy atom. The Hall–Kier alpha value is -1.24. The lowest BCUT2D eigenvalue weighted by molar-refractivity contribution is -0.00304. The van der Waals surface area contributed by atoms with E-state index in [0.29, 0.717) is 24.5 Å². The summed E-state index contributed by atoms with van der Waals surface area (Å²) < 4.78 is 5.63. The summed E-state index contributed by atoms with van der Waals surface area (Å²) in [5.74, 6) is 0. The van der Waals surface area contributed by atoms with Crippen LogP contribution in [0.15, 0.2) is 24.3 Å². The predicted molar refractivity (Wildman–Crippen MR) is 72.7 cm³/mol. The molecule has 0 radical (unpaired) electrons. The molecule has 2 atom stereocenters. The second kappa shape index (κ2) is 5.60. The predicted octanol–water partition coefficient (Wildman–Crippen LogP) is 3.60. The van der Waals surface area contributed by atoms with Crippen molar-refractivity contribution in [3.05, 3.63) is 29.3 Å². The lowest BCUT2D eigenvalue weighted by Gasteiger charge is -2.36. The van der Waals surface area contributed by atoms with Crippen LogP contribution in [0.3, 0.4) is 0 Å². The quantitative estimate of drug-likeness (QED) is 0.907. The molecule has 0 amide bonds. The van der Waals surface area contributed by atoms with E-state index in [9.17, 15) is 5.26 Å². The summed E-state index contributed by atoms with van der Waals surface area (Å²) in [6.45, 7) is 2.71. The molecule has 3 nitrogen and oxygen atoms in total. The molecule has 0 aliphatic carbocycles. The normalized spacial score (nSPS) is 27.5. The van der Waals surface area contributed by atoms with E-state index in [1.807, 2.05) is 24.3 Å². The minimum atomic E-state index is -0.538. The molecule has 2 rings (SSSR count). The SMILES string of the molecule is CCC1CC(C#N)(Nc2cccc(Cl)c2)CCO1. The highest BCUT2D eigenvalue weighted by atomic mass is 35.5. The third kappa shape index (κ3) is 2.95. The van der Waals surface area contributed by atoms with Crippen LogP contribution in [-0.2, 0) is 4.74 Å². The van der Waals surface area contributed by atoms with Crippen LogP contribution in [0, 0.1) is 11.3 Å². The van der Waals surface area contributed by atoms with E-state index >= 15 is 0 Å². The number of hydrogen-bond acceptors (Lipinski definition) is 3. The van der Waals surface area contributed by atoms with Gasteiger partial charge in [0.05, 0.1) is 18.8 Å². The van der Waals surface area contributed by atoms with E-state index in [2.05, 4.69) is 18.3 Å². The van der Waals surface area contributed by atoms with E-state index in [4.69, 9.17) is 16.3 Å². The lowest BCUT2D eigenvalue weighted by Crippen LogP contribution is -2.45. The molecule has 0 bridgehead atoms. The summed E-state index contributed by atoms with van der Waals surface area (Å²) in [6, 6.07) is 9.90. The third-order valence-corrected chi connectivity index (χ3v) is 3.57. The van der Waals surface area contributed by atoms with Crippen molar-refractivity contribution in [3.8, 4) is 6.07 Å². The molecule has 0 spiro atoms. The summed E-state index contributed by atoms with van der Waals surface area (Å²) in [6.07, 6.45) is 2.50. The van der Waals surface area contributed by atoms with Crippen molar-refractivity contribution in [1.29, 1.82) is 5.26 Å². The number of nitrogens with zero attached hydrogens (tertiary/aromatic N) is 1. The zero-order valence-corrected chi connectivity index (χ0v) is 11.2. The highest BCUT2D eigenvalue weighted by molar-refractivity contribution is 6.30. The Labute approximate surface area is 113 Å². The van der Waals surface area contributed by atoms with Gasteiger partial charge in [0.25, 0.3) is 0 Å². The van der Waals surface area contributed by atoms with E-state index in [1.165, 1.54) is 0 Å². The third-order valence-electron chi connectivity index (χ3n) is 3.34. The molecule has 1 aliphatic heterocycles. The number of nitriles is 1. The molecular weight excluding hydrogens is 248 g/mol. The summed E-state index contributed by atoms with van der Waals surface area (Å²) in [4.78, 5) is 0. The molecule has 96 valence electrons. The summed E-state index contributed by atoms with van der Waals surface area (Å²) in [7, 11) is 0. The van der Waals surface area contributed by atoms with Crippen LogP contribution in [0.25, 0.3) is 0 Å². The van der Waals surface area contributed by atoms with E-state index in [1.54, 1.807) is 0 Å². The van der Waals surface area contributed by atoms with Gasteiger partial charge in [0, 0.05) is 23.6 Å². The maximum Gasteiger partial charge on any atom is 0.130 e. The maximum absolute atomic E-state index is 9.48. The van der Waals surface area contributed by atoms with Gasteiger partial charge in [0.15, 0.2) is 0 Å². The molecule has 18 heavy (non-hydrogen) atoms. The van der Waals surface area contributed by atoms with Gasteiger partial charge in [0.2, 0.25) is 0 Å². The number of nitrogens with one attached hydrogen (secondary N) is 1. The molecule has 1 aromatic carbocycles. The number of anilines is 1. The van der Waals surface area contributed by atoms with Crippen molar-refractivity contribution in [1.82, 2.24) is 0 Å². The molecule has 4 heteroatoms.